The van der Waals surface area contributed by atoms with Crippen LogP contribution in [-0.2, 0) is 31.4 Å². The van der Waals surface area contributed by atoms with Gasteiger partial charge in [0.25, 0.3) is 0 Å². The molecule has 0 heterocycles. The highest BCUT2D eigenvalue weighted by Crippen LogP contribution is 2.26. The van der Waals surface area contributed by atoms with Crippen molar-refractivity contribution in [3.05, 3.63) is 65.7 Å². The van der Waals surface area contributed by atoms with Crippen molar-refractivity contribution < 1.29 is 18.0 Å². The van der Waals surface area contributed by atoms with Crippen molar-refractivity contribution in [1.29, 1.82) is 0 Å². The summed E-state index contributed by atoms with van der Waals surface area (Å²) in [6.07, 6.45) is 2.40. The van der Waals surface area contributed by atoms with Crippen LogP contribution in [-0.4, -0.2) is 56.6 Å². The number of benzene rings is 2. The molecule has 0 bridgehead atoms. The van der Waals surface area contributed by atoms with Crippen molar-refractivity contribution in [1.82, 2.24) is 10.2 Å². The number of carbonyl (C=O) groups excluding carboxylic acids is 2. The molecule has 2 aromatic carbocycles. The van der Waals surface area contributed by atoms with E-state index in [-0.39, 0.29) is 23.9 Å². The fraction of sp³-hybridized carbons (Fsp3) is 0.500. The van der Waals surface area contributed by atoms with Gasteiger partial charge in [-0.2, -0.15) is 0 Å². The molecule has 0 saturated heterocycles. The summed E-state index contributed by atoms with van der Waals surface area (Å²) in [4.78, 5) is 28.0. The lowest BCUT2D eigenvalue weighted by Gasteiger charge is -2.32. The fourth-order valence-electron chi connectivity index (χ4n) is 3.78. The Bertz CT molecular complexity index is 1110. The molecule has 2 aromatic rings. The molecule has 0 aliphatic carbocycles. The first-order chi connectivity index (χ1) is 16.7. The maximum Gasteiger partial charge on any atom is 0.244 e. The molecular weight excluding hydrogens is 474 g/mol. The van der Waals surface area contributed by atoms with Gasteiger partial charge in [0.1, 0.15) is 12.6 Å². The van der Waals surface area contributed by atoms with Crippen LogP contribution in [0.25, 0.3) is 0 Å². The molecule has 36 heavy (non-hydrogen) atoms. The molecular formula is C28H41N3O4S. The maximum absolute atomic E-state index is 13.6. The van der Waals surface area contributed by atoms with Gasteiger partial charge in [-0.15, -0.1) is 0 Å². The number of amides is 2. The highest BCUT2D eigenvalue weighted by molar-refractivity contribution is 7.92. The van der Waals surface area contributed by atoms with E-state index >= 15 is 0 Å². The molecule has 0 aliphatic rings. The number of nitrogens with one attached hydrogen (secondary N) is 1. The number of nitrogens with zero attached hydrogens (tertiary/aromatic N) is 2. The Morgan fingerprint density at radius 2 is 1.56 bits per heavy atom. The summed E-state index contributed by atoms with van der Waals surface area (Å²) in [5.74, 6) is -0.686. The Morgan fingerprint density at radius 3 is 2.06 bits per heavy atom. The Labute approximate surface area is 216 Å². The monoisotopic (exact) mass is 515 g/mol. The minimum Gasteiger partial charge on any atom is -0.352 e. The third kappa shape index (κ3) is 8.36. The highest BCUT2D eigenvalue weighted by Gasteiger charge is 2.30. The van der Waals surface area contributed by atoms with E-state index in [9.17, 15) is 18.0 Å². The van der Waals surface area contributed by atoms with Crippen molar-refractivity contribution in [3.8, 4) is 0 Å². The van der Waals surface area contributed by atoms with E-state index in [1.165, 1.54) is 4.90 Å². The molecule has 0 fully saturated rings. The quantitative estimate of drug-likeness (QED) is 0.488. The van der Waals surface area contributed by atoms with Crippen LogP contribution < -0.4 is 9.62 Å². The second-order valence-corrected chi connectivity index (χ2v) is 12.3. The van der Waals surface area contributed by atoms with Gasteiger partial charge in [-0.3, -0.25) is 13.9 Å². The summed E-state index contributed by atoms with van der Waals surface area (Å²) in [5, 5.41) is 2.93. The van der Waals surface area contributed by atoms with Crippen LogP contribution in [0.3, 0.4) is 0 Å². The molecule has 1 N–H and O–H groups in total. The zero-order chi connectivity index (χ0) is 27.1. The van der Waals surface area contributed by atoms with Crippen LogP contribution in [0.15, 0.2) is 54.6 Å². The summed E-state index contributed by atoms with van der Waals surface area (Å²) in [5.41, 5.74) is 2.42. The van der Waals surface area contributed by atoms with E-state index in [0.29, 0.717) is 18.7 Å². The lowest BCUT2D eigenvalue weighted by Crippen LogP contribution is -2.53. The zero-order valence-corrected chi connectivity index (χ0v) is 23.4. The Kier molecular flexibility index (Phi) is 10.1. The predicted octanol–water partition coefficient (Wildman–Crippen LogP) is 4.12. The average Bonchev–Trinajstić information content (AvgIpc) is 2.81. The molecule has 2 rings (SSSR count). The van der Waals surface area contributed by atoms with Gasteiger partial charge in [-0.05, 0) is 55.4 Å². The van der Waals surface area contributed by atoms with Crippen molar-refractivity contribution in [2.75, 3.05) is 23.7 Å². The minimum absolute atomic E-state index is 0.0279. The van der Waals surface area contributed by atoms with Gasteiger partial charge in [0, 0.05) is 12.6 Å². The number of sulfonamides is 1. The van der Waals surface area contributed by atoms with Gasteiger partial charge in [-0.1, -0.05) is 70.2 Å². The van der Waals surface area contributed by atoms with Crippen LogP contribution >= 0.6 is 0 Å². The maximum atomic E-state index is 13.6. The lowest BCUT2D eigenvalue weighted by atomic mass is 9.87. The third-order valence-electron chi connectivity index (χ3n) is 6.35. The van der Waals surface area contributed by atoms with Gasteiger partial charge >= 0.3 is 0 Å². The fourth-order valence-corrected chi connectivity index (χ4v) is 4.63. The number of hydrogen-bond acceptors (Lipinski definition) is 4. The molecule has 0 spiro atoms. The standard InChI is InChI=1S/C28H41N3O4S/c1-8-21(2)29-27(33)22(3)30(19-18-23-12-10-9-11-13-23)26(32)20-31(36(7,34)35)25-16-14-24(15-17-25)28(4,5)6/h9-17,21-22H,8,18-20H2,1-7H3,(H,29,33)/t21-,22-/m0/s1. The summed E-state index contributed by atoms with van der Waals surface area (Å²) in [6, 6.07) is 16.1. The summed E-state index contributed by atoms with van der Waals surface area (Å²) >= 11 is 0. The molecule has 0 aromatic heterocycles. The molecule has 0 saturated carbocycles. The van der Waals surface area contributed by atoms with Gasteiger partial charge in [0.2, 0.25) is 21.8 Å². The molecule has 198 valence electrons. The van der Waals surface area contributed by atoms with Gasteiger partial charge in [0.15, 0.2) is 0 Å². The second kappa shape index (κ2) is 12.4. The Morgan fingerprint density at radius 1 is 0.972 bits per heavy atom. The van der Waals surface area contributed by atoms with Gasteiger partial charge in [0.05, 0.1) is 11.9 Å². The van der Waals surface area contributed by atoms with Gasteiger partial charge < -0.3 is 10.2 Å². The van der Waals surface area contributed by atoms with Crippen LogP contribution in [0.1, 0.15) is 59.1 Å². The van der Waals surface area contributed by atoms with Crippen LogP contribution in [0.5, 0.6) is 0 Å². The van der Waals surface area contributed by atoms with Crippen molar-refractivity contribution in [2.45, 2.75) is 71.9 Å². The largest absolute Gasteiger partial charge is 0.352 e. The van der Waals surface area contributed by atoms with Crippen molar-refractivity contribution in [2.24, 2.45) is 0 Å². The summed E-state index contributed by atoms with van der Waals surface area (Å²) < 4.78 is 26.5. The molecule has 0 radical (unpaired) electrons. The zero-order valence-electron chi connectivity index (χ0n) is 22.6. The smallest absolute Gasteiger partial charge is 0.244 e. The van der Waals surface area contributed by atoms with E-state index in [0.717, 1.165) is 28.1 Å². The molecule has 8 heteroatoms. The number of hydrogen-bond donors (Lipinski definition) is 1. The van der Waals surface area contributed by atoms with Gasteiger partial charge in [-0.25, -0.2) is 8.42 Å². The number of anilines is 1. The highest BCUT2D eigenvalue weighted by atomic mass is 32.2. The second-order valence-electron chi connectivity index (χ2n) is 10.4. The van der Waals surface area contributed by atoms with Crippen molar-refractivity contribution in [3.63, 3.8) is 0 Å². The van der Waals surface area contributed by atoms with E-state index < -0.39 is 22.0 Å². The van der Waals surface area contributed by atoms with Crippen molar-refractivity contribution >= 4 is 27.5 Å². The minimum atomic E-state index is -3.75. The first-order valence-corrected chi connectivity index (χ1v) is 14.3. The molecule has 0 aliphatic heterocycles. The lowest BCUT2D eigenvalue weighted by molar-refractivity contribution is -0.139. The average molecular weight is 516 g/mol. The number of carbonyl (C=O) groups is 2. The number of rotatable bonds is 11. The van der Waals surface area contributed by atoms with E-state index in [2.05, 4.69) is 26.1 Å². The van der Waals surface area contributed by atoms with Crippen LogP contribution in [0.4, 0.5) is 5.69 Å². The SMILES string of the molecule is CC[C@H](C)NC(=O)[C@H](C)N(CCc1ccccc1)C(=O)CN(c1ccc(C(C)(C)C)cc1)S(C)(=O)=O. The molecule has 2 amide bonds. The molecule has 7 nitrogen and oxygen atoms in total. The molecule has 2 atom stereocenters. The van der Waals surface area contributed by atoms with E-state index in [1.54, 1.807) is 19.1 Å². The topological polar surface area (TPSA) is 86.8 Å². The first-order valence-electron chi connectivity index (χ1n) is 12.5. The first kappa shape index (κ1) is 29.4. The van der Waals surface area contributed by atoms with E-state index in [1.807, 2.05) is 56.3 Å². The Balaban J connectivity index is 2.33. The summed E-state index contributed by atoms with van der Waals surface area (Å²) in [6.45, 7) is 11.7. The third-order valence-corrected chi connectivity index (χ3v) is 7.49. The predicted molar refractivity (Wildman–Crippen MR) is 147 cm³/mol. The normalized spacial score (nSPS) is 13.5. The molecule has 0 unspecified atom stereocenters. The van der Waals surface area contributed by atoms with Crippen LogP contribution in [0.2, 0.25) is 0 Å². The van der Waals surface area contributed by atoms with E-state index in [4.69, 9.17) is 0 Å². The summed E-state index contributed by atoms with van der Waals surface area (Å²) in [7, 11) is -3.75. The van der Waals surface area contributed by atoms with Crippen LogP contribution in [0, 0.1) is 0 Å². The Hall–Kier alpha value is -2.87.